The van der Waals surface area contributed by atoms with Crippen molar-refractivity contribution < 1.29 is 9.15 Å². The van der Waals surface area contributed by atoms with E-state index in [-0.39, 0.29) is 6.04 Å². The van der Waals surface area contributed by atoms with Crippen LogP contribution in [0.3, 0.4) is 0 Å². The van der Waals surface area contributed by atoms with E-state index in [0.29, 0.717) is 17.4 Å². The number of hydrogen-bond acceptors (Lipinski definition) is 6. The maximum atomic E-state index is 5.90. The van der Waals surface area contributed by atoms with Crippen LogP contribution in [0.1, 0.15) is 19.1 Å². The number of anilines is 2. The zero-order chi connectivity index (χ0) is 13.7. The van der Waals surface area contributed by atoms with Gasteiger partial charge in [0.15, 0.2) is 5.82 Å². The van der Waals surface area contributed by atoms with Crippen LogP contribution in [0.15, 0.2) is 29.1 Å². The fraction of sp³-hybridized carbons (Fsp3) is 0.385. The van der Waals surface area contributed by atoms with Crippen LogP contribution in [-0.4, -0.2) is 23.1 Å². The molecule has 0 amide bonds. The minimum atomic E-state index is 0.215. The van der Waals surface area contributed by atoms with Gasteiger partial charge in [-0.05, 0) is 25.5 Å². The Morgan fingerprint density at radius 2 is 2.32 bits per heavy atom. The van der Waals surface area contributed by atoms with E-state index >= 15 is 0 Å². The van der Waals surface area contributed by atoms with Crippen LogP contribution in [0.2, 0.25) is 0 Å². The third kappa shape index (κ3) is 3.37. The molecule has 19 heavy (non-hydrogen) atoms. The lowest BCUT2D eigenvalue weighted by Crippen LogP contribution is -2.18. The zero-order valence-corrected chi connectivity index (χ0v) is 11.1. The van der Waals surface area contributed by atoms with E-state index in [4.69, 9.17) is 14.9 Å². The highest BCUT2D eigenvalue weighted by molar-refractivity contribution is 5.66. The Balaban J connectivity index is 1.93. The largest absolute Gasteiger partial charge is 0.479 e. The summed E-state index contributed by atoms with van der Waals surface area (Å²) in [6.45, 7) is 2.07. The van der Waals surface area contributed by atoms with Gasteiger partial charge in [0.1, 0.15) is 17.8 Å². The van der Waals surface area contributed by atoms with Crippen molar-refractivity contribution in [3.8, 4) is 5.88 Å². The Kier molecular flexibility index (Phi) is 4.22. The number of nitrogens with two attached hydrogens (primary N) is 1. The molecule has 1 atom stereocenters. The molecule has 0 fully saturated rings. The number of methoxy groups -OCH3 is 1. The van der Waals surface area contributed by atoms with Gasteiger partial charge in [-0.1, -0.05) is 0 Å². The standard InChI is InChI=1S/C13H18N4O2/c1-9(5-6-10-4-3-7-19-10)17-12-11(14)13(18-2)16-8-15-12/h3-4,7-9H,5-6,14H2,1-2H3,(H,15,16,17). The summed E-state index contributed by atoms with van der Waals surface area (Å²) in [4.78, 5) is 8.06. The Morgan fingerprint density at radius 1 is 1.47 bits per heavy atom. The van der Waals surface area contributed by atoms with Gasteiger partial charge in [0.2, 0.25) is 5.88 Å². The average molecular weight is 262 g/mol. The lowest BCUT2D eigenvalue weighted by Gasteiger charge is -2.15. The molecule has 102 valence electrons. The average Bonchev–Trinajstić information content (AvgIpc) is 2.92. The minimum Gasteiger partial charge on any atom is -0.479 e. The number of nitrogen functional groups attached to an aromatic ring is 1. The quantitative estimate of drug-likeness (QED) is 0.829. The molecule has 6 heteroatoms. The van der Waals surface area contributed by atoms with Gasteiger partial charge in [0, 0.05) is 12.5 Å². The summed E-state index contributed by atoms with van der Waals surface area (Å²) in [6.07, 6.45) is 4.89. The molecule has 0 aromatic carbocycles. The summed E-state index contributed by atoms with van der Waals surface area (Å²) in [7, 11) is 1.53. The molecule has 2 rings (SSSR count). The molecule has 6 nitrogen and oxygen atoms in total. The Labute approximate surface area is 112 Å². The van der Waals surface area contributed by atoms with Gasteiger partial charge < -0.3 is 20.2 Å². The summed E-state index contributed by atoms with van der Waals surface area (Å²) >= 11 is 0. The van der Waals surface area contributed by atoms with Crippen molar-refractivity contribution in [2.75, 3.05) is 18.2 Å². The number of aromatic nitrogens is 2. The molecule has 2 heterocycles. The van der Waals surface area contributed by atoms with Gasteiger partial charge in [-0.2, -0.15) is 4.98 Å². The van der Waals surface area contributed by atoms with Crippen molar-refractivity contribution in [3.05, 3.63) is 30.5 Å². The summed E-state index contributed by atoms with van der Waals surface area (Å²) < 4.78 is 10.4. The van der Waals surface area contributed by atoms with Crippen LogP contribution in [0.25, 0.3) is 0 Å². The molecule has 2 aromatic heterocycles. The summed E-state index contributed by atoms with van der Waals surface area (Å²) in [5.74, 6) is 1.96. The first kappa shape index (κ1) is 13.2. The Morgan fingerprint density at radius 3 is 3.00 bits per heavy atom. The van der Waals surface area contributed by atoms with Crippen molar-refractivity contribution in [1.82, 2.24) is 9.97 Å². The fourth-order valence-corrected chi connectivity index (χ4v) is 1.78. The number of rotatable bonds is 6. The number of nitrogens with one attached hydrogen (secondary N) is 1. The highest BCUT2D eigenvalue weighted by Gasteiger charge is 2.11. The van der Waals surface area contributed by atoms with E-state index < -0.39 is 0 Å². The van der Waals surface area contributed by atoms with Gasteiger partial charge in [-0.25, -0.2) is 4.98 Å². The summed E-state index contributed by atoms with van der Waals surface area (Å²) in [5, 5.41) is 3.25. The highest BCUT2D eigenvalue weighted by atomic mass is 16.5. The molecule has 0 aliphatic rings. The molecule has 0 radical (unpaired) electrons. The first-order valence-electron chi connectivity index (χ1n) is 6.14. The molecule has 0 saturated heterocycles. The number of ether oxygens (including phenoxy) is 1. The Bertz CT molecular complexity index is 513. The van der Waals surface area contributed by atoms with Crippen molar-refractivity contribution in [3.63, 3.8) is 0 Å². The second kappa shape index (κ2) is 6.08. The molecule has 3 N–H and O–H groups in total. The minimum absolute atomic E-state index is 0.215. The van der Waals surface area contributed by atoms with Crippen LogP contribution in [-0.2, 0) is 6.42 Å². The number of aryl methyl sites for hydroxylation is 1. The van der Waals surface area contributed by atoms with Crippen molar-refractivity contribution >= 4 is 11.5 Å². The Hall–Kier alpha value is -2.24. The third-order valence-electron chi connectivity index (χ3n) is 2.83. The van der Waals surface area contributed by atoms with E-state index in [0.717, 1.165) is 18.6 Å². The number of hydrogen-bond donors (Lipinski definition) is 2. The first-order valence-corrected chi connectivity index (χ1v) is 6.14. The van der Waals surface area contributed by atoms with Gasteiger partial charge in [0.25, 0.3) is 0 Å². The maximum Gasteiger partial charge on any atom is 0.242 e. The summed E-state index contributed by atoms with van der Waals surface area (Å²) in [5.41, 5.74) is 6.33. The SMILES string of the molecule is COc1ncnc(NC(C)CCc2ccco2)c1N. The van der Waals surface area contributed by atoms with Crippen LogP contribution in [0.5, 0.6) is 5.88 Å². The molecule has 0 aliphatic carbocycles. The molecule has 0 spiro atoms. The van der Waals surface area contributed by atoms with E-state index in [1.807, 2.05) is 12.1 Å². The number of furan rings is 1. The van der Waals surface area contributed by atoms with E-state index in [1.54, 1.807) is 6.26 Å². The highest BCUT2D eigenvalue weighted by Crippen LogP contribution is 2.24. The fourth-order valence-electron chi connectivity index (χ4n) is 1.78. The van der Waals surface area contributed by atoms with Crippen LogP contribution < -0.4 is 15.8 Å². The maximum absolute atomic E-state index is 5.90. The van der Waals surface area contributed by atoms with Gasteiger partial charge in [0.05, 0.1) is 13.4 Å². The van der Waals surface area contributed by atoms with E-state index in [2.05, 4.69) is 22.2 Å². The normalized spacial score (nSPS) is 12.1. The molecular weight excluding hydrogens is 244 g/mol. The van der Waals surface area contributed by atoms with E-state index in [9.17, 15) is 0 Å². The first-order chi connectivity index (χ1) is 9.20. The third-order valence-corrected chi connectivity index (χ3v) is 2.83. The zero-order valence-electron chi connectivity index (χ0n) is 11.1. The lowest BCUT2D eigenvalue weighted by molar-refractivity contribution is 0.399. The second-order valence-electron chi connectivity index (χ2n) is 4.31. The lowest BCUT2D eigenvalue weighted by atomic mass is 10.1. The van der Waals surface area contributed by atoms with Crippen molar-refractivity contribution in [2.45, 2.75) is 25.8 Å². The number of nitrogens with zero attached hydrogens (tertiary/aromatic N) is 2. The van der Waals surface area contributed by atoms with Gasteiger partial charge in [-0.15, -0.1) is 0 Å². The monoisotopic (exact) mass is 262 g/mol. The predicted octanol–water partition coefficient (Wildman–Crippen LogP) is 2.09. The van der Waals surface area contributed by atoms with Crippen LogP contribution >= 0.6 is 0 Å². The van der Waals surface area contributed by atoms with Crippen LogP contribution in [0, 0.1) is 0 Å². The van der Waals surface area contributed by atoms with E-state index in [1.165, 1.54) is 13.4 Å². The van der Waals surface area contributed by atoms with Crippen molar-refractivity contribution in [2.24, 2.45) is 0 Å². The van der Waals surface area contributed by atoms with Gasteiger partial charge >= 0.3 is 0 Å². The molecule has 0 bridgehead atoms. The van der Waals surface area contributed by atoms with Crippen LogP contribution in [0.4, 0.5) is 11.5 Å². The van der Waals surface area contributed by atoms with Crippen molar-refractivity contribution in [1.29, 1.82) is 0 Å². The molecular formula is C13H18N4O2. The second-order valence-corrected chi connectivity index (χ2v) is 4.31. The summed E-state index contributed by atoms with van der Waals surface area (Å²) in [6, 6.07) is 4.07. The molecule has 0 saturated carbocycles. The topological polar surface area (TPSA) is 86.2 Å². The molecule has 2 aromatic rings. The van der Waals surface area contributed by atoms with Gasteiger partial charge in [-0.3, -0.25) is 0 Å². The molecule has 1 unspecified atom stereocenters. The molecule has 0 aliphatic heterocycles. The predicted molar refractivity (Wildman–Crippen MR) is 73.1 cm³/mol. The smallest absolute Gasteiger partial charge is 0.242 e.